The summed E-state index contributed by atoms with van der Waals surface area (Å²) < 4.78 is 6.83. The van der Waals surface area contributed by atoms with Crippen molar-refractivity contribution >= 4 is 23.4 Å². The van der Waals surface area contributed by atoms with Crippen LogP contribution in [0.4, 0.5) is 5.69 Å². The summed E-state index contributed by atoms with van der Waals surface area (Å²) in [6, 6.07) is 15.0. The van der Waals surface area contributed by atoms with E-state index in [1.165, 1.54) is 6.33 Å². The molecule has 1 aromatic heterocycles. The molecule has 5 rings (SSSR count). The number of nitrogens with zero attached hydrogens (tertiary/aromatic N) is 3. The Balaban J connectivity index is 1.39. The van der Waals surface area contributed by atoms with Gasteiger partial charge in [0, 0.05) is 18.3 Å². The molecule has 2 aromatic carbocycles. The van der Waals surface area contributed by atoms with Crippen LogP contribution < -0.4 is 15.4 Å². The van der Waals surface area contributed by atoms with E-state index in [1.807, 2.05) is 55.5 Å². The van der Waals surface area contributed by atoms with Gasteiger partial charge < -0.3 is 24.8 Å². The SMILES string of the molecule is CCc1ccccc1NC(=O)c1ncn2c1C(=O)N(C1CC1)C(C)(C(=O)NCc1ccc(OC)cc1)C2. The number of aryl methyl sites for hydroxylation is 1. The first-order valence-corrected chi connectivity index (χ1v) is 12.5. The van der Waals surface area contributed by atoms with Crippen LogP contribution in [0.5, 0.6) is 5.75 Å². The zero-order valence-corrected chi connectivity index (χ0v) is 21.3. The molecule has 1 aliphatic heterocycles. The van der Waals surface area contributed by atoms with Crippen LogP contribution in [-0.2, 0) is 24.3 Å². The summed E-state index contributed by atoms with van der Waals surface area (Å²) in [4.78, 5) is 46.5. The number of aromatic nitrogens is 2. The third-order valence-corrected chi connectivity index (χ3v) is 7.14. The predicted molar refractivity (Wildman–Crippen MR) is 138 cm³/mol. The standard InChI is InChI=1S/C28H31N5O4/c1-4-19-7-5-6-8-22(19)31-25(34)23-24-26(35)33(20-11-12-20)28(2,16-32(24)17-30-23)27(36)29-15-18-9-13-21(37-3)14-10-18/h5-10,13-14,17,20H,4,11-12,15-16H2,1-3H3,(H,29,36)(H,31,34). The maximum atomic E-state index is 13.8. The van der Waals surface area contributed by atoms with Crippen LogP contribution in [0.15, 0.2) is 54.9 Å². The Hall–Kier alpha value is -4.14. The van der Waals surface area contributed by atoms with Crippen molar-refractivity contribution in [3.05, 3.63) is 77.4 Å². The number of imidazole rings is 1. The normalized spacial score (nSPS) is 18.8. The van der Waals surface area contributed by atoms with Crippen molar-refractivity contribution in [3.8, 4) is 5.75 Å². The highest BCUT2D eigenvalue weighted by molar-refractivity contribution is 6.12. The average molecular weight is 502 g/mol. The minimum Gasteiger partial charge on any atom is -0.497 e. The maximum Gasteiger partial charge on any atom is 0.276 e. The maximum absolute atomic E-state index is 13.8. The molecule has 1 aliphatic carbocycles. The lowest BCUT2D eigenvalue weighted by atomic mass is 9.93. The second-order valence-corrected chi connectivity index (χ2v) is 9.75. The molecule has 1 saturated carbocycles. The fraction of sp³-hybridized carbons (Fsp3) is 0.357. The van der Waals surface area contributed by atoms with E-state index in [9.17, 15) is 14.4 Å². The molecule has 3 aromatic rings. The molecule has 0 bridgehead atoms. The molecule has 192 valence electrons. The van der Waals surface area contributed by atoms with Gasteiger partial charge in [-0.15, -0.1) is 0 Å². The van der Waals surface area contributed by atoms with Crippen molar-refractivity contribution in [2.45, 2.75) is 57.8 Å². The third-order valence-electron chi connectivity index (χ3n) is 7.14. The van der Waals surface area contributed by atoms with Crippen LogP contribution in [0.3, 0.4) is 0 Å². The number of fused-ring (bicyclic) bond motifs is 1. The fourth-order valence-electron chi connectivity index (χ4n) is 4.97. The van der Waals surface area contributed by atoms with Crippen LogP contribution in [0.25, 0.3) is 0 Å². The van der Waals surface area contributed by atoms with Gasteiger partial charge in [-0.3, -0.25) is 14.4 Å². The Morgan fingerprint density at radius 2 is 1.86 bits per heavy atom. The highest BCUT2D eigenvalue weighted by Gasteiger charge is 2.53. The lowest BCUT2D eigenvalue weighted by Crippen LogP contribution is -2.64. The van der Waals surface area contributed by atoms with Gasteiger partial charge in [-0.25, -0.2) is 4.98 Å². The Labute approximate surface area is 215 Å². The van der Waals surface area contributed by atoms with Crippen molar-refractivity contribution in [1.29, 1.82) is 0 Å². The molecule has 1 fully saturated rings. The van der Waals surface area contributed by atoms with E-state index in [1.54, 1.807) is 23.5 Å². The number of methoxy groups -OCH3 is 1. The lowest BCUT2D eigenvalue weighted by Gasteiger charge is -2.44. The third kappa shape index (κ3) is 4.57. The molecule has 2 N–H and O–H groups in total. The van der Waals surface area contributed by atoms with E-state index in [0.717, 1.165) is 36.1 Å². The van der Waals surface area contributed by atoms with Crippen LogP contribution in [0, 0.1) is 0 Å². The number of benzene rings is 2. The quantitative estimate of drug-likeness (QED) is 0.492. The fourth-order valence-corrected chi connectivity index (χ4v) is 4.97. The average Bonchev–Trinajstić information content (AvgIpc) is 3.65. The molecular weight excluding hydrogens is 470 g/mol. The Kier molecular flexibility index (Phi) is 6.45. The van der Waals surface area contributed by atoms with E-state index in [0.29, 0.717) is 12.2 Å². The van der Waals surface area contributed by atoms with Crippen LogP contribution in [0.2, 0.25) is 0 Å². The zero-order chi connectivity index (χ0) is 26.2. The van der Waals surface area contributed by atoms with Crippen LogP contribution in [-0.4, -0.2) is 50.9 Å². The van der Waals surface area contributed by atoms with Gasteiger partial charge in [0.2, 0.25) is 5.91 Å². The summed E-state index contributed by atoms with van der Waals surface area (Å²) in [5.74, 6) is -0.287. The molecule has 0 radical (unpaired) electrons. The minimum atomic E-state index is -1.11. The van der Waals surface area contributed by atoms with Gasteiger partial charge in [-0.05, 0) is 55.5 Å². The number of hydrogen-bond donors (Lipinski definition) is 2. The highest BCUT2D eigenvalue weighted by Crippen LogP contribution is 2.39. The van der Waals surface area contributed by atoms with Gasteiger partial charge in [0.15, 0.2) is 5.69 Å². The molecule has 2 heterocycles. The summed E-state index contributed by atoms with van der Waals surface area (Å²) in [5.41, 5.74) is 1.80. The van der Waals surface area contributed by atoms with Crippen molar-refractivity contribution in [2.75, 3.05) is 12.4 Å². The van der Waals surface area contributed by atoms with Gasteiger partial charge in [0.05, 0.1) is 20.0 Å². The van der Waals surface area contributed by atoms with Gasteiger partial charge >= 0.3 is 0 Å². The monoisotopic (exact) mass is 501 g/mol. The molecule has 1 unspecified atom stereocenters. The van der Waals surface area contributed by atoms with E-state index in [4.69, 9.17) is 4.74 Å². The number of carbonyl (C=O) groups excluding carboxylic acids is 3. The molecule has 9 heteroatoms. The largest absolute Gasteiger partial charge is 0.497 e. The second kappa shape index (κ2) is 9.72. The van der Waals surface area contributed by atoms with Crippen LogP contribution in [0.1, 0.15) is 58.8 Å². The molecule has 9 nitrogen and oxygen atoms in total. The number of carbonyl (C=O) groups is 3. The molecule has 0 saturated heterocycles. The molecule has 1 atom stereocenters. The second-order valence-electron chi connectivity index (χ2n) is 9.75. The molecule has 3 amide bonds. The van der Waals surface area contributed by atoms with Gasteiger partial charge in [0.1, 0.15) is 17.0 Å². The summed E-state index contributed by atoms with van der Waals surface area (Å²) in [6.07, 6.45) is 3.89. The topological polar surface area (TPSA) is 106 Å². The van der Waals surface area contributed by atoms with Crippen molar-refractivity contribution < 1.29 is 19.1 Å². The summed E-state index contributed by atoms with van der Waals surface area (Å²) in [5, 5.41) is 5.91. The zero-order valence-electron chi connectivity index (χ0n) is 21.3. The van der Waals surface area contributed by atoms with E-state index in [2.05, 4.69) is 15.6 Å². The van der Waals surface area contributed by atoms with Gasteiger partial charge in [-0.2, -0.15) is 0 Å². The van der Waals surface area contributed by atoms with Crippen molar-refractivity contribution in [1.82, 2.24) is 19.8 Å². The summed E-state index contributed by atoms with van der Waals surface area (Å²) in [6.45, 7) is 4.34. The lowest BCUT2D eigenvalue weighted by molar-refractivity contribution is -0.133. The van der Waals surface area contributed by atoms with E-state index < -0.39 is 11.4 Å². The first-order chi connectivity index (χ1) is 17.9. The first kappa shape index (κ1) is 24.5. The Morgan fingerprint density at radius 3 is 2.54 bits per heavy atom. The molecule has 0 spiro atoms. The number of rotatable bonds is 8. The number of anilines is 1. The van der Waals surface area contributed by atoms with E-state index in [-0.39, 0.29) is 35.8 Å². The molecular formula is C28H31N5O4. The van der Waals surface area contributed by atoms with Crippen molar-refractivity contribution in [3.63, 3.8) is 0 Å². The first-order valence-electron chi connectivity index (χ1n) is 12.5. The Bertz CT molecular complexity index is 1340. The molecule has 37 heavy (non-hydrogen) atoms. The summed E-state index contributed by atoms with van der Waals surface area (Å²) in [7, 11) is 1.60. The van der Waals surface area contributed by atoms with E-state index >= 15 is 0 Å². The predicted octanol–water partition coefficient (Wildman–Crippen LogP) is 3.40. The van der Waals surface area contributed by atoms with Gasteiger partial charge in [-0.1, -0.05) is 37.3 Å². The number of ether oxygens (including phenoxy) is 1. The van der Waals surface area contributed by atoms with Crippen molar-refractivity contribution in [2.24, 2.45) is 0 Å². The smallest absolute Gasteiger partial charge is 0.276 e. The highest BCUT2D eigenvalue weighted by atomic mass is 16.5. The number of hydrogen-bond acceptors (Lipinski definition) is 5. The molecule has 2 aliphatic rings. The number of nitrogens with one attached hydrogen (secondary N) is 2. The summed E-state index contributed by atoms with van der Waals surface area (Å²) >= 11 is 0. The number of para-hydroxylation sites is 1. The Morgan fingerprint density at radius 1 is 1.14 bits per heavy atom. The number of amides is 3. The van der Waals surface area contributed by atoms with Crippen LogP contribution >= 0.6 is 0 Å². The minimum absolute atomic E-state index is 0.0374. The van der Waals surface area contributed by atoms with Gasteiger partial charge in [0.25, 0.3) is 11.8 Å².